The van der Waals surface area contributed by atoms with E-state index in [4.69, 9.17) is 4.42 Å². The van der Waals surface area contributed by atoms with Gasteiger partial charge in [0.1, 0.15) is 5.76 Å². The van der Waals surface area contributed by atoms with Gasteiger partial charge in [-0.1, -0.05) is 53.5 Å². The first-order chi connectivity index (χ1) is 8.72. The first kappa shape index (κ1) is 13.1. The van der Waals surface area contributed by atoms with E-state index in [0.717, 1.165) is 29.7 Å². The van der Waals surface area contributed by atoms with E-state index in [1.54, 1.807) is 6.26 Å². The summed E-state index contributed by atoms with van der Waals surface area (Å²) in [4.78, 5) is 12.0. The Kier molecular flexibility index (Phi) is 4.37. The minimum atomic E-state index is -0.0861. The number of hydrogen-bond acceptors (Lipinski definition) is 2. The summed E-state index contributed by atoms with van der Waals surface area (Å²) < 4.78 is 5.31. The lowest BCUT2D eigenvalue weighted by atomic mass is 10.0. The molecule has 1 aromatic heterocycles. The van der Waals surface area contributed by atoms with Crippen molar-refractivity contribution in [3.05, 3.63) is 48.2 Å². The molecule has 1 heterocycles. The van der Waals surface area contributed by atoms with Crippen LogP contribution in [-0.2, 0) is 0 Å². The van der Waals surface area contributed by atoms with Crippen LogP contribution in [0.15, 0.2) is 47.1 Å². The lowest BCUT2D eigenvalue weighted by Gasteiger charge is -2.07. The van der Waals surface area contributed by atoms with Crippen LogP contribution in [-0.4, -0.2) is 10.6 Å². The van der Waals surface area contributed by atoms with Gasteiger partial charge in [0, 0.05) is 11.1 Å². The van der Waals surface area contributed by atoms with E-state index in [1.807, 2.05) is 36.4 Å². The van der Waals surface area contributed by atoms with E-state index in [-0.39, 0.29) is 10.6 Å². The van der Waals surface area contributed by atoms with Crippen LogP contribution in [0.25, 0.3) is 11.3 Å². The van der Waals surface area contributed by atoms with Gasteiger partial charge in [0.15, 0.2) is 5.78 Å². The van der Waals surface area contributed by atoms with Gasteiger partial charge in [-0.3, -0.25) is 4.79 Å². The van der Waals surface area contributed by atoms with Crippen molar-refractivity contribution in [2.45, 2.75) is 24.6 Å². The normalized spacial score (nSPS) is 12.3. The summed E-state index contributed by atoms with van der Waals surface area (Å²) >= 11 is 3.43. The molecule has 1 atom stereocenters. The average molecular weight is 307 g/mol. The van der Waals surface area contributed by atoms with Crippen LogP contribution >= 0.6 is 15.9 Å². The predicted octanol–water partition coefficient (Wildman–Crippen LogP) is 4.69. The van der Waals surface area contributed by atoms with Gasteiger partial charge >= 0.3 is 0 Å². The molecule has 94 valence electrons. The fraction of sp³-hybridized carbons (Fsp3) is 0.267. The Hall–Kier alpha value is -1.35. The lowest BCUT2D eigenvalue weighted by Crippen LogP contribution is -2.13. The second-order valence-corrected chi connectivity index (χ2v) is 5.28. The van der Waals surface area contributed by atoms with Crippen LogP contribution in [0.3, 0.4) is 0 Å². The molecule has 0 fully saturated rings. The maximum atomic E-state index is 12.1. The number of Topliss-reactive ketones (excluding diaryl/α,β-unsaturated/α-hetero) is 1. The Morgan fingerprint density at radius 2 is 2.00 bits per heavy atom. The predicted molar refractivity (Wildman–Crippen MR) is 76.1 cm³/mol. The summed E-state index contributed by atoms with van der Waals surface area (Å²) in [6.45, 7) is 2.07. The number of carbonyl (C=O) groups is 1. The fourth-order valence-corrected chi connectivity index (χ4v) is 2.53. The summed E-state index contributed by atoms with van der Waals surface area (Å²) in [6.07, 6.45) is 3.50. The van der Waals surface area contributed by atoms with Crippen molar-refractivity contribution < 1.29 is 9.21 Å². The number of benzene rings is 1. The molecule has 0 amide bonds. The zero-order valence-electron chi connectivity index (χ0n) is 10.2. The van der Waals surface area contributed by atoms with Crippen LogP contribution in [0.5, 0.6) is 0 Å². The van der Waals surface area contributed by atoms with Crippen LogP contribution < -0.4 is 0 Å². The Morgan fingerprint density at radius 1 is 1.28 bits per heavy atom. The molecular formula is C15H15BrO2. The van der Waals surface area contributed by atoms with Crippen molar-refractivity contribution in [1.29, 1.82) is 0 Å². The zero-order valence-corrected chi connectivity index (χ0v) is 11.8. The first-order valence-corrected chi connectivity index (χ1v) is 6.96. The highest BCUT2D eigenvalue weighted by molar-refractivity contribution is 9.10. The van der Waals surface area contributed by atoms with E-state index in [9.17, 15) is 4.79 Å². The molecule has 0 aliphatic heterocycles. The maximum absolute atomic E-state index is 12.1. The van der Waals surface area contributed by atoms with E-state index in [1.165, 1.54) is 0 Å². The van der Waals surface area contributed by atoms with Crippen molar-refractivity contribution in [2.24, 2.45) is 0 Å². The van der Waals surface area contributed by atoms with E-state index in [2.05, 4.69) is 22.9 Å². The molecule has 18 heavy (non-hydrogen) atoms. The monoisotopic (exact) mass is 306 g/mol. The second-order valence-electron chi connectivity index (χ2n) is 4.18. The number of carbonyl (C=O) groups excluding carboxylic acids is 1. The molecule has 3 heteroatoms. The Balaban J connectivity index is 2.15. The summed E-state index contributed by atoms with van der Waals surface area (Å²) in [5, 5.41) is 0. The van der Waals surface area contributed by atoms with Crippen molar-refractivity contribution in [3.8, 4) is 11.3 Å². The second kappa shape index (κ2) is 6.01. The number of hydrogen-bond donors (Lipinski definition) is 0. The zero-order chi connectivity index (χ0) is 13.0. The van der Waals surface area contributed by atoms with Gasteiger partial charge in [0.2, 0.25) is 0 Å². The van der Waals surface area contributed by atoms with Crippen molar-refractivity contribution in [3.63, 3.8) is 0 Å². The summed E-state index contributed by atoms with van der Waals surface area (Å²) in [7, 11) is 0. The number of halogens is 1. The summed E-state index contributed by atoms with van der Waals surface area (Å²) in [6, 6.07) is 11.3. The van der Waals surface area contributed by atoms with Gasteiger partial charge in [-0.15, -0.1) is 0 Å². The standard InChI is InChI=1S/C15H15BrO2/c1-2-4-13(16)15(17)12-8-6-11(7-9-12)14-5-3-10-18-14/h3,5-10,13H,2,4H2,1H3. The van der Waals surface area contributed by atoms with Gasteiger partial charge in [-0.25, -0.2) is 0 Å². The van der Waals surface area contributed by atoms with Crippen molar-refractivity contribution in [2.75, 3.05) is 0 Å². The Bertz CT molecular complexity index is 500. The number of ketones is 1. The molecule has 0 aliphatic rings. The van der Waals surface area contributed by atoms with Crippen molar-refractivity contribution in [1.82, 2.24) is 0 Å². The molecule has 0 saturated carbocycles. The van der Waals surface area contributed by atoms with Crippen LogP contribution in [0.1, 0.15) is 30.1 Å². The molecule has 0 radical (unpaired) electrons. The van der Waals surface area contributed by atoms with E-state index < -0.39 is 0 Å². The third kappa shape index (κ3) is 2.91. The van der Waals surface area contributed by atoms with Crippen LogP contribution in [0.2, 0.25) is 0 Å². The molecule has 0 bridgehead atoms. The van der Waals surface area contributed by atoms with E-state index >= 15 is 0 Å². The molecule has 2 aromatic rings. The highest BCUT2D eigenvalue weighted by atomic mass is 79.9. The molecule has 0 aliphatic carbocycles. The molecule has 2 rings (SSSR count). The highest BCUT2D eigenvalue weighted by Gasteiger charge is 2.15. The van der Waals surface area contributed by atoms with Gasteiger partial charge in [-0.05, 0) is 18.6 Å². The van der Waals surface area contributed by atoms with Crippen molar-refractivity contribution >= 4 is 21.7 Å². The van der Waals surface area contributed by atoms with Crippen LogP contribution in [0, 0.1) is 0 Å². The van der Waals surface area contributed by atoms with Gasteiger partial charge < -0.3 is 4.42 Å². The summed E-state index contributed by atoms with van der Waals surface area (Å²) in [5.41, 5.74) is 1.72. The lowest BCUT2D eigenvalue weighted by molar-refractivity contribution is 0.0988. The molecule has 2 nitrogen and oxygen atoms in total. The number of alkyl halides is 1. The van der Waals surface area contributed by atoms with Gasteiger partial charge in [0.05, 0.1) is 11.1 Å². The first-order valence-electron chi connectivity index (χ1n) is 6.04. The SMILES string of the molecule is CCCC(Br)C(=O)c1ccc(-c2ccco2)cc1. The minimum Gasteiger partial charge on any atom is -0.464 e. The molecule has 1 aromatic carbocycles. The topological polar surface area (TPSA) is 30.2 Å². The van der Waals surface area contributed by atoms with Crippen LogP contribution in [0.4, 0.5) is 0 Å². The largest absolute Gasteiger partial charge is 0.464 e. The third-order valence-corrected chi connectivity index (χ3v) is 3.68. The molecule has 1 unspecified atom stereocenters. The Labute approximate surface area is 115 Å². The quantitative estimate of drug-likeness (QED) is 0.592. The average Bonchev–Trinajstić information content (AvgIpc) is 2.92. The summed E-state index contributed by atoms with van der Waals surface area (Å²) in [5.74, 6) is 0.959. The maximum Gasteiger partial charge on any atom is 0.176 e. The fourth-order valence-electron chi connectivity index (χ4n) is 1.81. The molecular weight excluding hydrogens is 292 g/mol. The molecule has 0 saturated heterocycles. The number of rotatable bonds is 5. The van der Waals surface area contributed by atoms with Gasteiger partial charge in [0.25, 0.3) is 0 Å². The molecule has 0 N–H and O–H groups in total. The molecule has 0 spiro atoms. The van der Waals surface area contributed by atoms with Gasteiger partial charge in [-0.2, -0.15) is 0 Å². The third-order valence-electron chi connectivity index (χ3n) is 2.80. The number of furan rings is 1. The minimum absolute atomic E-state index is 0.0861. The smallest absolute Gasteiger partial charge is 0.176 e. The highest BCUT2D eigenvalue weighted by Crippen LogP contribution is 2.22. The Morgan fingerprint density at radius 3 is 2.56 bits per heavy atom. The van der Waals surface area contributed by atoms with E-state index in [0.29, 0.717) is 0 Å².